The summed E-state index contributed by atoms with van der Waals surface area (Å²) in [6.45, 7) is 1.30. The number of likely N-dealkylation sites (tertiary alicyclic amines) is 1. The number of rotatable bonds is 2. The molecule has 4 nitrogen and oxygen atoms in total. The molecule has 1 aromatic carbocycles. The molecule has 2 aliphatic rings. The molecule has 1 atom stereocenters. The predicted octanol–water partition coefficient (Wildman–Crippen LogP) is 4.48. The van der Waals surface area contributed by atoms with E-state index in [-0.39, 0.29) is 17.7 Å². The molecule has 4 rings (SSSR count). The second-order valence-corrected chi connectivity index (χ2v) is 7.46. The molecule has 26 heavy (non-hydrogen) atoms. The number of hydrogen-bond donors (Lipinski definition) is 1. The molecule has 1 saturated carbocycles. The fourth-order valence-electron chi connectivity index (χ4n) is 4.19. The molecule has 0 spiro atoms. The Hall–Kier alpha value is -2.05. The van der Waals surface area contributed by atoms with E-state index >= 15 is 0 Å². The van der Waals surface area contributed by atoms with Gasteiger partial charge in [-0.2, -0.15) is 13.2 Å². The molecular weight excluding hydrogens is 343 g/mol. The zero-order chi connectivity index (χ0) is 18.3. The molecule has 1 aliphatic carbocycles. The maximum absolute atomic E-state index is 12.9. The topological polar surface area (TPSA) is 49.0 Å². The maximum atomic E-state index is 12.9. The zero-order valence-electron chi connectivity index (χ0n) is 14.5. The minimum atomic E-state index is -4.37. The molecular formula is C19H22F3N3O. The first-order valence-corrected chi connectivity index (χ1v) is 9.27. The SMILES string of the molecule is O=C(C1CCCCC1)N1CC[C@H](c2nc3ccc(C(F)(F)F)cc3[nH]2)C1. The van der Waals surface area contributed by atoms with Gasteiger partial charge in [-0.15, -0.1) is 0 Å². The number of aromatic amines is 1. The fourth-order valence-corrected chi connectivity index (χ4v) is 4.19. The number of fused-ring (bicyclic) bond motifs is 1. The minimum Gasteiger partial charge on any atom is -0.342 e. The van der Waals surface area contributed by atoms with Gasteiger partial charge in [-0.05, 0) is 37.5 Å². The van der Waals surface area contributed by atoms with Gasteiger partial charge < -0.3 is 9.88 Å². The highest BCUT2D eigenvalue weighted by atomic mass is 19.4. The number of carbonyl (C=O) groups is 1. The summed E-state index contributed by atoms with van der Waals surface area (Å²) in [6.07, 6.45) is 1.85. The molecule has 7 heteroatoms. The Bertz CT molecular complexity index is 808. The van der Waals surface area contributed by atoms with Crippen molar-refractivity contribution in [1.29, 1.82) is 0 Å². The highest BCUT2D eigenvalue weighted by Crippen LogP contribution is 2.33. The predicted molar refractivity (Wildman–Crippen MR) is 91.6 cm³/mol. The minimum absolute atomic E-state index is 0.0595. The van der Waals surface area contributed by atoms with E-state index in [1.807, 2.05) is 4.90 Å². The Morgan fingerprint density at radius 3 is 2.65 bits per heavy atom. The van der Waals surface area contributed by atoms with Crippen LogP contribution in [-0.4, -0.2) is 33.9 Å². The number of hydrogen-bond acceptors (Lipinski definition) is 2. The summed E-state index contributed by atoms with van der Waals surface area (Å²) in [6, 6.07) is 3.56. The van der Waals surface area contributed by atoms with Crippen molar-refractivity contribution in [2.24, 2.45) is 5.92 Å². The molecule has 2 aromatic rings. The summed E-state index contributed by atoms with van der Waals surface area (Å²) >= 11 is 0. The normalized spacial score (nSPS) is 22.3. The van der Waals surface area contributed by atoms with Gasteiger partial charge in [0.1, 0.15) is 5.82 Å². The molecule has 1 aliphatic heterocycles. The van der Waals surface area contributed by atoms with Gasteiger partial charge in [0.2, 0.25) is 5.91 Å². The average Bonchev–Trinajstić information content (AvgIpc) is 3.27. The standard InChI is InChI=1S/C19H22F3N3O/c20-19(21,22)14-6-7-15-16(10-14)24-17(23-15)13-8-9-25(11-13)18(26)12-4-2-1-3-5-12/h6-7,10,12-13H,1-5,8-9,11H2,(H,23,24)/t13-/m0/s1. The molecule has 0 bridgehead atoms. The third-order valence-electron chi connectivity index (χ3n) is 5.67. The number of H-pyrrole nitrogens is 1. The van der Waals surface area contributed by atoms with Crippen molar-refractivity contribution >= 4 is 16.9 Å². The Morgan fingerprint density at radius 1 is 1.15 bits per heavy atom. The smallest absolute Gasteiger partial charge is 0.342 e. The molecule has 1 amide bonds. The van der Waals surface area contributed by atoms with Gasteiger partial charge >= 0.3 is 6.18 Å². The number of amides is 1. The Kier molecular flexibility index (Phi) is 4.40. The van der Waals surface area contributed by atoms with E-state index in [2.05, 4.69) is 9.97 Å². The van der Waals surface area contributed by atoms with Crippen LogP contribution in [0.25, 0.3) is 11.0 Å². The summed E-state index contributed by atoms with van der Waals surface area (Å²) in [5, 5.41) is 0. The van der Waals surface area contributed by atoms with Crippen LogP contribution in [0.1, 0.15) is 55.8 Å². The number of benzene rings is 1. The Balaban J connectivity index is 1.49. The summed E-state index contributed by atoms with van der Waals surface area (Å²) in [5.41, 5.74) is 0.248. The Labute approximate surface area is 149 Å². The Morgan fingerprint density at radius 2 is 1.92 bits per heavy atom. The van der Waals surface area contributed by atoms with Crippen molar-refractivity contribution in [3.8, 4) is 0 Å². The highest BCUT2D eigenvalue weighted by molar-refractivity contribution is 5.79. The molecule has 1 aromatic heterocycles. The van der Waals surface area contributed by atoms with Gasteiger partial charge in [-0.3, -0.25) is 4.79 Å². The molecule has 140 valence electrons. The molecule has 2 heterocycles. The van der Waals surface area contributed by atoms with Crippen molar-refractivity contribution in [2.45, 2.75) is 50.6 Å². The molecule has 2 fully saturated rings. The van der Waals surface area contributed by atoms with Gasteiger partial charge in [0.15, 0.2) is 0 Å². The second-order valence-electron chi connectivity index (χ2n) is 7.46. The fraction of sp³-hybridized carbons (Fsp3) is 0.579. The van der Waals surface area contributed by atoms with Crippen LogP contribution < -0.4 is 0 Å². The van der Waals surface area contributed by atoms with E-state index in [0.717, 1.165) is 44.2 Å². The van der Waals surface area contributed by atoms with E-state index < -0.39 is 11.7 Å². The second kappa shape index (κ2) is 6.59. The van der Waals surface area contributed by atoms with Crippen LogP contribution in [0.4, 0.5) is 13.2 Å². The van der Waals surface area contributed by atoms with Gasteiger partial charge in [-0.1, -0.05) is 19.3 Å². The lowest BCUT2D eigenvalue weighted by Gasteiger charge is -2.26. The van der Waals surface area contributed by atoms with E-state index in [4.69, 9.17) is 0 Å². The van der Waals surface area contributed by atoms with E-state index in [9.17, 15) is 18.0 Å². The highest BCUT2D eigenvalue weighted by Gasteiger charge is 2.34. The number of carbonyl (C=O) groups excluding carboxylic acids is 1. The summed E-state index contributed by atoms with van der Waals surface area (Å²) in [4.78, 5) is 22.1. The van der Waals surface area contributed by atoms with Crippen LogP contribution in [0.3, 0.4) is 0 Å². The average molecular weight is 365 g/mol. The quantitative estimate of drug-likeness (QED) is 0.853. The number of halogens is 3. The van der Waals surface area contributed by atoms with Crippen molar-refractivity contribution in [3.05, 3.63) is 29.6 Å². The van der Waals surface area contributed by atoms with E-state index in [1.54, 1.807) is 0 Å². The lowest BCUT2D eigenvalue weighted by molar-refractivity contribution is -0.137. The van der Waals surface area contributed by atoms with Gasteiger partial charge in [0.05, 0.1) is 16.6 Å². The molecule has 1 saturated heterocycles. The maximum Gasteiger partial charge on any atom is 0.416 e. The van der Waals surface area contributed by atoms with Crippen molar-refractivity contribution in [3.63, 3.8) is 0 Å². The number of imidazole rings is 1. The summed E-state index contributed by atoms with van der Waals surface area (Å²) < 4.78 is 38.6. The monoisotopic (exact) mass is 365 g/mol. The number of nitrogens with zero attached hydrogens (tertiary/aromatic N) is 2. The zero-order valence-corrected chi connectivity index (χ0v) is 14.5. The first kappa shape index (κ1) is 17.4. The van der Waals surface area contributed by atoms with Gasteiger partial charge in [-0.25, -0.2) is 4.98 Å². The van der Waals surface area contributed by atoms with Crippen LogP contribution in [0.15, 0.2) is 18.2 Å². The first-order valence-electron chi connectivity index (χ1n) is 9.27. The largest absolute Gasteiger partial charge is 0.416 e. The van der Waals surface area contributed by atoms with Crippen LogP contribution in [0.2, 0.25) is 0 Å². The summed E-state index contributed by atoms with van der Waals surface area (Å²) in [5.74, 6) is 1.12. The van der Waals surface area contributed by atoms with Crippen molar-refractivity contribution in [1.82, 2.24) is 14.9 Å². The lowest BCUT2D eigenvalue weighted by atomic mass is 9.88. The first-order chi connectivity index (χ1) is 12.4. The summed E-state index contributed by atoms with van der Waals surface area (Å²) in [7, 11) is 0. The van der Waals surface area contributed by atoms with Crippen molar-refractivity contribution < 1.29 is 18.0 Å². The van der Waals surface area contributed by atoms with Crippen LogP contribution in [0.5, 0.6) is 0 Å². The molecule has 1 N–H and O–H groups in total. The van der Waals surface area contributed by atoms with E-state index in [1.165, 1.54) is 12.5 Å². The van der Waals surface area contributed by atoms with Crippen LogP contribution in [-0.2, 0) is 11.0 Å². The van der Waals surface area contributed by atoms with Crippen molar-refractivity contribution in [2.75, 3.05) is 13.1 Å². The van der Waals surface area contributed by atoms with Crippen LogP contribution >= 0.6 is 0 Å². The van der Waals surface area contributed by atoms with E-state index in [0.29, 0.717) is 29.9 Å². The lowest BCUT2D eigenvalue weighted by Crippen LogP contribution is -2.35. The number of alkyl halides is 3. The van der Waals surface area contributed by atoms with Gasteiger partial charge in [0, 0.05) is 24.9 Å². The third-order valence-corrected chi connectivity index (χ3v) is 5.67. The van der Waals surface area contributed by atoms with Gasteiger partial charge in [0.25, 0.3) is 0 Å². The van der Waals surface area contributed by atoms with Crippen LogP contribution in [0, 0.1) is 5.92 Å². The third kappa shape index (κ3) is 3.31. The number of aromatic nitrogens is 2. The molecule has 0 radical (unpaired) electrons. The number of nitrogens with one attached hydrogen (secondary N) is 1. The molecule has 0 unspecified atom stereocenters.